The summed E-state index contributed by atoms with van der Waals surface area (Å²) in [6, 6.07) is 5.31. The number of hydrogen-bond acceptors (Lipinski definition) is 3. The van der Waals surface area contributed by atoms with Crippen molar-refractivity contribution in [1.82, 2.24) is 9.78 Å². The third-order valence-electron chi connectivity index (χ3n) is 2.50. The van der Waals surface area contributed by atoms with Crippen LogP contribution in [0.4, 0.5) is 18.9 Å². The Labute approximate surface area is 115 Å². The minimum absolute atomic E-state index is 0.149. The second kappa shape index (κ2) is 5.49. The van der Waals surface area contributed by atoms with Gasteiger partial charge in [0.05, 0.1) is 11.5 Å². The fourth-order valence-electron chi connectivity index (χ4n) is 1.68. The van der Waals surface area contributed by atoms with E-state index in [1.807, 2.05) is 0 Å². The van der Waals surface area contributed by atoms with E-state index in [-0.39, 0.29) is 6.54 Å². The molecule has 0 aliphatic rings. The Morgan fingerprint density at radius 2 is 2.15 bits per heavy atom. The van der Waals surface area contributed by atoms with E-state index < -0.39 is 33.7 Å². The predicted octanol–water partition coefficient (Wildman–Crippen LogP) is 3.57. The van der Waals surface area contributed by atoms with E-state index in [4.69, 9.17) is 11.6 Å². The molecule has 5 nitrogen and oxygen atoms in total. The summed E-state index contributed by atoms with van der Waals surface area (Å²) >= 11 is 5.69. The van der Waals surface area contributed by atoms with Crippen LogP contribution in [0.1, 0.15) is 17.7 Å². The maximum absolute atomic E-state index is 13.0. The van der Waals surface area contributed by atoms with Gasteiger partial charge in [0.15, 0.2) is 0 Å². The van der Waals surface area contributed by atoms with E-state index in [0.717, 1.165) is 10.7 Å². The quantitative estimate of drug-likeness (QED) is 0.641. The van der Waals surface area contributed by atoms with Gasteiger partial charge in [0.2, 0.25) is 10.8 Å². The summed E-state index contributed by atoms with van der Waals surface area (Å²) in [5, 5.41) is 13.6. The lowest BCUT2D eigenvalue weighted by Crippen LogP contribution is -2.03. The van der Waals surface area contributed by atoms with Gasteiger partial charge in [-0.1, -0.05) is 23.7 Å². The Hall–Kier alpha value is -2.09. The van der Waals surface area contributed by atoms with Crippen molar-refractivity contribution in [2.75, 3.05) is 0 Å². The van der Waals surface area contributed by atoms with Crippen LogP contribution in [0.2, 0.25) is 5.15 Å². The normalized spacial score (nSPS) is 11.1. The van der Waals surface area contributed by atoms with E-state index in [9.17, 15) is 23.3 Å². The summed E-state index contributed by atoms with van der Waals surface area (Å²) in [6.07, 6.45) is -3.12. The number of nitrogens with zero attached hydrogens (tertiary/aromatic N) is 3. The number of alkyl halides is 2. The van der Waals surface area contributed by atoms with Crippen molar-refractivity contribution in [1.29, 1.82) is 0 Å². The highest BCUT2D eigenvalue weighted by Crippen LogP contribution is 2.34. The van der Waals surface area contributed by atoms with Gasteiger partial charge in [-0.25, -0.2) is 17.9 Å². The average molecular weight is 306 g/mol. The second-order valence-electron chi connectivity index (χ2n) is 3.87. The molecule has 0 aliphatic heterocycles. The number of benzene rings is 1. The zero-order valence-electron chi connectivity index (χ0n) is 9.76. The molecule has 20 heavy (non-hydrogen) atoms. The van der Waals surface area contributed by atoms with Crippen LogP contribution in [0, 0.1) is 15.9 Å². The molecule has 2 aromatic rings. The number of halogens is 4. The highest BCUT2D eigenvalue weighted by Gasteiger charge is 2.32. The lowest BCUT2D eigenvalue weighted by atomic mass is 10.2. The van der Waals surface area contributed by atoms with Crippen LogP contribution in [0.3, 0.4) is 0 Å². The monoisotopic (exact) mass is 305 g/mol. The van der Waals surface area contributed by atoms with Crippen LogP contribution >= 0.6 is 11.6 Å². The zero-order valence-corrected chi connectivity index (χ0v) is 10.5. The lowest BCUT2D eigenvalue weighted by Gasteiger charge is -2.02. The molecule has 0 atom stereocenters. The van der Waals surface area contributed by atoms with Crippen molar-refractivity contribution < 1.29 is 18.1 Å². The summed E-state index contributed by atoms with van der Waals surface area (Å²) in [6.45, 7) is -0.149. The summed E-state index contributed by atoms with van der Waals surface area (Å²) in [5.41, 5.74) is -1.54. The molecule has 0 fully saturated rings. The molecule has 0 bridgehead atoms. The van der Waals surface area contributed by atoms with E-state index >= 15 is 0 Å². The Bertz CT molecular complexity index is 660. The first-order valence-corrected chi connectivity index (χ1v) is 5.71. The van der Waals surface area contributed by atoms with Gasteiger partial charge < -0.3 is 0 Å². The number of aromatic nitrogens is 2. The van der Waals surface area contributed by atoms with Gasteiger partial charge in [0.25, 0.3) is 6.43 Å². The van der Waals surface area contributed by atoms with Crippen molar-refractivity contribution >= 4 is 17.3 Å². The predicted molar refractivity (Wildman–Crippen MR) is 64.4 cm³/mol. The molecule has 0 saturated carbocycles. The van der Waals surface area contributed by atoms with Crippen molar-refractivity contribution in [2.45, 2.75) is 13.0 Å². The fourth-order valence-corrected chi connectivity index (χ4v) is 1.94. The second-order valence-corrected chi connectivity index (χ2v) is 4.23. The molecule has 1 aromatic carbocycles. The third kappa shape index (κ3) is 2.74. The minimum Gasteiger partial charge on any atom is -0.258 e. The Morgan fingerprint density at radius 1 is 1.45 bits per heavy atom. The zero-order chi connectivity index (χ0) is 14.9. The summed E-state index contributed by atoms with van der Waals surface area (Å²) in [5.74, 6) is -0.519. The van der Waals surface area contributed by atoms with Crippen LogP contribution in [0.25, 0.3) is 0 Å². The first-order valence-electron chi connectivity index (χ1n) is 5.33. The highest BCUT2D eigenvalue weighted by molar-refractivity contribution is 6.31. The Morgan fingerprint density at radius 3 is 2.65 bits per heavy atom. The van der Waals surface area contributed by atoms with Crippen molar-refractivity contribution in [3.8, 4) is 0 Å². The van der Waals surface area contributed by atoms with E-state index in [1.54, 1.807) is 0 Å². The van der Waals surface area contributed by atoms with Crippen molar-refractivity contribution in [2.24, 2.45) is 0 Å². The van der Waals surface area contributed by atoms with Crippen LogP contribution in [0.15, 0.2) is 24.3 Å². The molecule has 0 spiro atoms. The number of hydrogen-bond donors (Lipinski definition) is 0. The molecule has 2 rings (SSSR count). The molecule has 0 radical (unpaired) electrons. The molecular weight excluding hydrogens is 299 g/mol. The van der Waals surface area contributed by atoms with Crippen molar-refractivity contribution in [3.05, 3.63) is 56.6 Å². The van der Waals surface area contributed by atoms with Gasteiger partial charge in [0.1, 0.15) is 5.82 Å². The van der Waals surface area contributed by atoms with Crippen LogP contribution < -0.4 is 0 Å². The van der Waals surface area contributed by atoms with Crippen LogP contribution in [-0.2, 0) is 6.54 Å². The summed E-state index contributed by atoms with van der Waals surface area (Å²) < 4.78 is 39.2. The summed E-state index contributed by atoms with van der Waals surface area (Å²) in [4.78, 5) is 9.73. The van der Waals surface area contributed by atoms with Crippen LogP contribution in [0.5, 0.6) is 0 Å². The SMILES string of the molecule is O=[N+]([O-])c1c(C(F)F)nn(Cc2cccc(F)c2)c1Cl. The molecule has 0 amide bonds. The molecule has 0 aliphatic carbocycles. The van der Waals surface area contributed by atoms with Gasteiger partial charge in [0, 0.05) is 0 Å². The van der Waals surface area contributed by atoms with E-state index in [2.05, 4.69) is 5.10 Å². The van der Waals surface area contributed by atoms with Gasteiger partial charge in [-0.3, -0.25) is 10.1 Å². The van der Waals surface area contributed by atoms with Gasteiger partial charge in [-0.05, 0) is 17.7 Å². The maximum atomic E-state index is 13.0. The highest BCUT2D eigenvalue weighted by atomic mass is 35.5. The standard InChI is InChI=1S/C11H7ClF3N3O2/c12-10-9(18(19)20)8(11(14)15)16-17(10)5-6-2-1-3-7(13)4-6/h1-4,11H,5H2. The number of rotatable bonds is 4. The smallest absolute Gasteiger partial charge is 0.258 e. The molecular formula is C11H7ClF3N3O2. The van der Waals surface area contributed by atoms with E-state index in [1.165, 1.54) is 18.2 Å². The Balaban J connectivity index is 2.43. The minimum atomic E-state index is -3.12. The van der Waals surface area contributed by atoms with Crippen molar-refractivity contribution in [3.63, 3.8) is 0 Å². The fraction of sp³-hybridized carbons (Fsp3) is 0.182. The molecule has 0 saturated heterocycles. The molecule has 106 valence electrons. The van der Waals surface area contributed by atoms with Crippen LogP contribution in [-0.4, -0.2) is 14.7 Å². The first kappa shape index (κ1) is 14.3. The van der Waals surface area contributed by atoms with Gasteiger partial charge >= 0.3 is 5.69 Å². The summed E-state index contributed by atoms with van der Waals surface area (Å²) in [7, 11) is 0. The maximum Gasteiger partial charge on any atom is 0.335 e. The Kier molecular flexibility index (Phi) is 3.93. The third-order valence-corrected chi connectivity index (χ3v) is 2.88. The van der Waals surface area contributed by atoms with Gasteiger partial charge in [-0.2, -0.15) is 5.10 Å². The molecule has 1 heterocycles. The first-order chi connectivity index (χ1) is 9.40. The topological polar surface area (TPSA) is 61.0 Å². The average Bonchev–Trinajstić information content (AvgIpc) is 2.67. The molecule has 9 heteroatoms. The molecule has 0 N–H and O–H groups in total. The lowest BCUT2D eigenvalue weighted by molar-refractivity contribution is -0.386. The van der Waals surface area contributed by atoms with Gasteiger partial charge in [-0.15, -0.1) is 0 Å². The largest absolute Gasteiger partial charge is 0.335 e. The molecule has 0 unspecified atom stereocenters. The molecule has 1 aromatic heterocycles. The number of nitro groups is 1. The van der Waals surface area contributed by atoms with E-state index in [0.29, 0.717) is 5.56 Å².